The lowest BCUT2D eigenvalue weighted by Crippen LogP contribution is -2.38. The fourth-order valence-corrected chi connectivity index (χ4v) is 5.04. The van der Waals surface area contributed by atoms with Gasteiger partial charge in [-0.2, -0.15) is 10.5 Å². The molecule has 0 radical (unpaired) electrons. The second-order valence-electron chi connectivity index (χ2n) is 9.62. The Morgan fingerprint density at radius 2 is 1.77 bits per heavy atom. The third-order valence-corrected chi connectivity index (χ3v) is 7.03. The minimum absolute atomic E-state index is 0.174. The summed E-state index contributed by atoms with van der Waals surface area (Å²) in [7, 11) is 0. The van der Waals surface area contributed by atoms with E-state index in [1.54, 1.807) is 30.7 Å². The maximum Gasteiger partial charge on any atom is 0.234 e. The highest BCUT2D eigenvalue weighted by molar-refractivity contribution is 5.85. The molecule has 0 unspecified atom stereocenters. The first kappa shape index (κ1) is 24.9. The van der Waals surface area contributed by atoms with Crippen LogP contribution in [0.15, 0.2) is 67.1 Å². The molecule has 1 fully saturated rings. The van der Waals surface area contributed by atoms with E-state index in [4.69, 9.17) is 16.0 Å². The molecule has 4 aromatic heterocycles. The molecule has 0 amide bonds. The number of benzene rings is 1. The molecule has 1 saturated heterocycles. The van der Waals surface area contributed by atoms with Gasteiger partial charge in [0, 0.05) is 49.8 Å². The number of anilines is 2. The van der Waals surface area contributed by atoms with Crippen molar-refractivity contribution >= 4 is 22.7 Å². The number of imidazole rings is 1. The zero-order valence-corrected chi connectivity index (χ0v) is 21.6. The van der Waals surface area contributed by atoms with Crippen LogP contribution in [0.1, 0.15) is 29.9 Å². The Morgan fingerprint density at radius 3 is 2.52 bits per heavy atom. The highest BCUT2D eigenvalue weighted by Crippen LogP contribution is 2.31. The molecule has 3 N–H and O–H groups in total. The van der Waals surface area contributed by atoms with Gasteiger partial charge in [0.2, 0.25) is 5.82 Å². The van der Waals surface area contributed by atoms with Crippen LogP contribution in [0.4, 0.5) is 11.6 Å². The predicted molar refractivity (Wildman–Crippen MR) is 150 cm³/mol. The number of aromatic nitrogens is 6. The Bertz CT molecular complexity index is 1750. The fraction of sp³-hybridized carbons (Fsp3) is 0.207. The number of nitrogens with zero attached hydrogens (tertiary/aromatic N) is 9. The van der Waals surface area contributed by atoms with Gasteiger partial charge in [-0.15, -0.1) is 0 Å². The summed E-state index contributed by atoms with van der Waals surface area (Å²) in [5, 5.41) is 21.9. The number of nitrogens with two attached hydrogens (primary N) is 1. The van der Waals surface area contributed by atoms with E-state index < -0.39 is 0 Å². The molecule has 0 bridgehead atoms. The third-order valence-electron chi connectivity index (χ3n) is 7.03. The van der Waals surface area contributed by atoms with Crippen molar-refractivity contribution in [2.75, 3.05) is 24.1 Å². The summed E-state index contributed by atoms with van der Waals surface area (Å²) in [6, 6.07) is 20.0. The van der Waals surface area contributed by atoms with Gasteiger partial charge in [-0.25, -0.2) is 24.9 Å². The molecule has 0 atom stereocenters. The Labute approximate surface area is 230 Å². The van der Waals surface area contributed by atoms with Crippen molar-refractivity contribution in [2.24, 2.45) is 0 Å². The summed E-state index contributed by atoms with van der Waals surface area (Å²) < 4.78 is 2.00. The quantitative estimate of drug-likeness (QED) is 0.334. The second kappa shape index (κ2) is 10.8. The molecule has 1 aromatic carbocycles. The number of nitrogen functional groups attached to an aromatic ring is 1. The highest BCUT2D eigenvalue weighted by atomic mass is 15.2. The van der Waals surface area contributed by atoms with Crippen molar-refractivity contribution < 1.29 is 0 Å². The summed E-state index contributed by atoms with van der Waals surface area (Å²) in [6.07, 6.45) is 6.83. The molecule has 0 saturated carbocycles. The van der Waals surface area contributed by atoms with Crippen LogP contribution in [-0.2, 0) is 6.54 Å². The molecular formula is C29H25N11. The molecule has 1 aliphatic rings. The molecule has 40 heavy (non-hydrogen) atoms. The first-order chi connectivity index (χ1) is 19.6. The number of likely N-dealkylation sites (tertiary alicyclic amines) is 1. The first-order valence-corrected chi connectivity index (χ1v) is 12.9. The fourth-order valence-electron chi connectivity index (χ4n) is 5.04. The van der Waals surface area contributed by atoms with E-state index in [0.717, 1.165) is 43.7 Å². The van der Waals surface area contributed by atoms with E-state index in [-0.39, 0.29) is 5.82 Å². The molecule has 5 heterocycles. The number of nitriles is 2. The number of nitrogens with one attached hydrogen (secondary N) is 1. The van der Waals surface area contributed by atoms with Crippen molar-refractivity contribution in [1.82, 2.24) is 34.4 Å². The number of rotatable bonds is 6. The van der Waals surface area contributed by atoms with Gasteiger partial charge in [0.1, 0.15) is 40.8 Å². The van der Waals surface area contributed by atoms with Crippen LogP contribution >= 0.6 is 0 Å². The molecule has 5 aromatic rings. The lowest BCUT2D eigenvalue weighted by atomic mass is 10.0. The standard InChI is InChI=1S/C29H25N11/c30-15-21-14-25-24(17-35-21)37-29(23-2-1-10-34-28(23)32)40(25)22-5-3-19(4-6-22)18-39-12-8-20(9-13-39)36-26-7-11-33-27(16-31)38-26/h1-7,10-11,14,17,20H,8-9,12-13,18H2,(H2,32,34)(H,33,36,38). The minimum Gasteiger partial charge on any atom is -0.383 e. The Balaban J connectivity index is 1.19. The monoisotopic (exact) mass is 527 g/mol. The topological polar surface area (TPSA) is 158 Å². The second-order valence-corrected chi connectivity index (χ2v) is 9.62. The maximum atomic E-state index is 9.43. The lowest BCUT2D eigenvalue weighted by molar-refractivity contribution is 0.211. The molecule has 0 aliphatic carbocycles. The smallest absolute Gasteiger partial charge is 0.234 e. The van der Waals surface area contributed by atoms with Gasteiger partial charge in [-0.3, -0.25) is 9.47 Å². The van der Waals surface area contributed by atoms with Gasteiger partial charge < -0.3 is 11.1 Å². The van der Waals surface area contributed by atoms with Crippen LogP contribution in [0.5, 0.6) is 0 Å². The molecular weight excluding hydrogens is 502 g/mol. The molecule has 11 nitrogen and oxygen atoms in total. The molecule has 1 aliphatic heterocycles. The SMILES string of the molecule is N#Cc1cc2c(cn1)nc(-c1cccnc1N)n2-c1ccc(CN2CCC(Nc3ccnc(C#N)n3)CC2)cc1. The van der Waals surface area contributed by atoms with Crippen molar-refractivity contribution in [3.05, 3.63) is 84.2 Å². The summed E-state index contributed by atoms with van der Waals surface area (Å²) in [5.41, 5.74) is 10.8. The Hall–Kier alpha value is -5.39. The van der Waals surface area contributed by atoms with Gasteiger partial charge in [-0.1, -0.05) is 12.1 Å². The van der Waals surface area contributed by atoms with Crippen molar-refractivity contribution in [3.8, 4) is 29.2 Å². The van der Waals surface area contributed by atoms with Crippen molar-refractivity contribution in [1.29, 1.82) is 10.5 Å². The average molecular weight is 528 g/mol. The van der Waals surface area contributed by atoms with Crippen LogP contribution in [0.25, 0.3) is 28.1 Å². The first-order valence-electron chi connectivity index (χ1n) is 12.9. The van der Waals surface area contributed by atoms with Gasteiger partial charge in [0.05, 0.1) is 17.3 Å². The zero-order valence-electron chi connectivity index (χ0n) is 21.6. The molecule has 6 rings (SSSR count). The van der Waals surface area contributed by atoms with Crippen LogP contribution in [0.2, 0.25) is 0 Å². The maximum absolute atomic E-state index is 9.43. The summed E-state index contributed by atoms with van der Waals surface area (Å²) >= 11 is 0. The predicted octanol–water partition coefficient (Wildman–Crippen LogP) is 3.67. The van der Waals surface area contributed by atoms with E-state index in [1.807, 2.05) is 22.8 Å². The van der Waals surface area contributed by atoms with E-state index in [1.165, 1.54) is 5.56 Å². The summed E-state index contributed by atoms with van der Waals surface area (Å²) in [5.74, 6) is 1.89. The van der Waals surface area contributed by atoms with Gasteiger partial charge in [0.25, 0.3) is 0 Å². The van der Waals surface area contributed by atoms with Gasteiger partial charge >= 0.3 is 0 Å². The van der Waals surface area contributed by atoms with Gasteiger partial charge in [-0.05, 0) is 48.7 Å². The number of piperidine rings is 1. The van der Waals surface area contributed by atoms with Gasteiger partial charge in [0.15, 0.2) is 0 Å². The van der Waals surface area contributed by atoms with Crippen LogP contribution in [0, 0.1) is 22.7 Å². The number of fused-ring (bicyclic) bond motifs is 1. The zero-order chi connectivity index (χ0) is 27.5. The Kier molecular flexibility index (Phi) is 6.71. The number of hydrogen-bond donors (Lipinski definition) is 2. The van der Waals surface area contributed by atoms with E-state index in [2.05, 4.69) is 60.5 Å². The van der Waals surface area contributed by atoms with Crippen molar-refractivity contribution in [3.63, 3.8) is 0 Å². The van der Waals surface area contributed by atoms with Crippen LogP contribution in [0.3, 0.4) is 0 Å². The number of pyridine rings is 2. The summed E-state index contributed by atoms with van der Waals surface area (Å²) in [4.78, 5) is 23.8. The summed E-state index contributed by atoms with van der Waals surface area (Å²) in [6.45, 7) is 2.75. The average Bonchev–Trinajstić information content (AvgIpc) is 3.37. The van der Waals surface area contributed by atoms with E-state index in [0.29, 0.717) is 40.3 Å². The van der Waals surface area contributed by atoms with E-state index >= 15 is 0 Å². The molecule has 11 heteroatoms. The van der Waals surface area contributed by atoms with Crippen molar-refractivity contribution in [2.45, 2.75) is 25.4 Å². The molecule has 0 spiro atoms. The largest absolute Gasteiger partial charge is 0.383 e. The van der Waals surface area contributed by atoms with Crippen LogP contribution in [-0.4, -0.2) is 53.5 Å². The number of hydrogen-bond acceptors (Lipinski definition) is 10. The molecule has 196 valence electrons. The van der Waals surface area contributed by atoms with Crippen LogP contribution < -0.4 is 11.1 Å². The minimum atomic E-state index is 0.174. The normalized spacial score (nSPS) is 14.1. The van der Waals surface area contributed by atoms with E-state index in [9.17, 15) is 5.26 Å². The lowest BCUT2D eigenvalue weighted by Gasteiger charge is -2.32. The third kappa shape index (κ3) is 5.01. The highest BCUT2D eigenvalue weighted by Gasteiger charge is 2.21. The Morgan fingerprint density at radius 1 is 0.950 bits per heavy atom.